The first-order valence-electron chi connectivity index (χ1n) is 9.03. The second kappa shape index (κ2) is 10.3. The fourth-order valence-corrected chi connectivity index (χ4v) is 2.86. The Morgan fingerprint density at radius 3 is 2.54 bits per heavy atom. The Morgan fingerprint density at radius 2 is 1.88 bits per heavy atom. The molecule has 1 saturated heterocycles. The second-order valence-corrected chi connectivity index (χ2v) is 6.69. The number of carbonyl (C=O) groups is 1. The molecule has 0 aromatic heterocycles. The van der Waals surface area contributed by atoms with E-state index in [-0.39, 0.29) is 5.91 Å². The number of rotatable bonds is 9. The van der Waals surface area contributed by atoms with Crippen molar-refractivity contribution in [2.75, 3.05) is 53.4 Å². The Labute approximate surface area is 146 Å². The molecule has 0 spiro atoms. The molecular formula is C19H31N3O2. The van der Waals surface area contributed by atoms with Crippen molar-refractivity contribution in [1.29, 1.82) is 0 Å². The van der Waals surface area contributed by atoms with E-state index in [9.17, 15) is 4.79 Å². The molecule has 1 heterocycles. The maximum Gasteiger partial charge on any atom is 0.251 e. The lowest BCUT2D eigenvalue weighted by atomic mass is 10.1. The lowest BCUT2D eigenvalue weighted by Gasteiger charge is -2.26. The minimum Gasteiger partial charge on any atom is -0.494 e. The third-order valence-electron chi connectivity index (χ3n) is 4.30. The number of hydrogen-bond acceptors (Lipinski definition) is 4. The largest absolute Gasteiger partial charge is 0.494 e. The first-order chi connectivity index (χ1) is 11.6. The van der Waals surface area contributed by atoms with E-state index in [1.807, 2.05) is 43.3 Å². The van der Waals surface area contributed by atoms with Crippen molar-refractivity contribution < 1.29 is 9.53 Å². The van der Waals surface area contributed by atoms with Gasteiger partial charge in [0, 0.05) is 25.2 Å². The van der Waals surface area contributed by atoms with Crippen molar-refractivity contribution in [2.24, 2.45) is 0 Å². The van der Waals surface area contributed by atoms with E-state index in [1.165, 1.54) is 32.4 Å². The smallest absolute Gasteiger partial charge is 0.251 e. The van der Waals surface area contributed by atoms with E-state index in [1.54, 1.807) is 0 Å². The highest BCUT2D eigenvalue weighted by atomic mass is 16.5. The zero-order valence-electron chi connectivity index (χ0n) is 15.1. The number of benzene rings is 1. The Hall–Kier alpha value is -1.59. The average Bonchev–Trinajstić information content (AvgIpc) is 2.60. The molecule has 0 radical (unpaired) electrons. The standard InChI is InChI=1S/C19H31N3O2/c1-21(2)15-11-20-19(23)17-7-9-18(10-8-17)24-16-6-14-22-12-4-3-5-13-22/h7-10H,3-6,11-16H2,1-2H3,(H,20,23). The molecule has 1 aliphatic rings. The molecule has 5 heteroatoms. The van der Waals surface area contributed by atoms with Crippen LogP contribution < -0.4 is 10.1 Å². The van der Waals surface area contributed by atoms with E-state index in [0.717, 1.165) is 31.9 Å². The number of nitrogens with one attached hydrogen (secondary N) is 1. The molecule has 1 N–H and O–H groups in total. The van der Waals surface area contributed by atoms with Crippen LogP contribution in [0.2, 0.25) is 0 Å². The van der Waals surface area contributed by atoms with Crippen molar-refractivity contribution >= 4 is 5.91 Å². The molecule has 0 unspecified atom stereocenters. The maximum atomic E-state index is 12.0. The van der Waals surface area contributed by atoms with Gasteiger partial charge in [0.25, 0.3) is 5.91 Å². The van der Waals surface area contributed by atoms with E-state index in [4.69, 9.17) is 4.74 Å². The molecule has 0 bridgehead atoms. The van der Waals surface area contributed by atoms with Crippen LogP contribution in [0.4, 0.5) is 0 Å². The van der Waals surface area contributed by atoms with Crippen molar-refractivity contribution in [2.45, 2.75) is 25.7 Å². The molecule has 2 rings (SSSR count). The van der Waals surface area contributed by atoms with Crippen molar-refractivity contribution in [1.82, 2.24) is 15.1 Å². The zero-order valence-corrected chi connectivity index (χ0v) is 15.1. The van der Waals surface area contributed by atoms with Crippen LogP contribution in [0.1, 0.15) is 36.0 Å². The van der Waals surface area contributed by atoms with Gasteiger partial charge >= 0.3 is 0 Å². The summed E-state index contributed by atoms with van der Waals surface area (Å²) < 4.78 is 5.78. The number of carbonyl (C=O) groups excluding carboxylic acids is 1. The molecular weight excluding hydrogens is 302 g/mol. The quantitative estimate of drug-likeness (QED) is 0.704. The van der Waals surface area contributed by atoms with Crippen LogP contribution in [-0.2, 0) is 0 Å². The maximum absolute atomic E-state index is 12.0. The molecule has 24 heavy (non-hydrogen) atoms. The molecule has 1 aromatic rings. The summed E-state index contributed by atoms with van der Waals surface area (Å²) in [5.41, 5.74) is 0.675. The third kappa shape index (κ3) is 6.89. The van der Waals surface area contributed by atoms with Gasteiger partial charge in [0.05, 0.1) is 6.61 Å². The summed E-state index contributed by atoms with van der Waals surface area (Å²) in [6, 6.07) is 7.40. The number of piperidine rings is 1. The normalized spacial score (nSPS) is 15.5. The first kappa shape index (κ1) is 18.7. The van der Waals surface area contributed by atoms with Gasteiger partial charge in [-0.3, -0.25) is 4.79 Å². The number of likely N-dealkylation sites (N-methyl/N-ethyl adjacent to an activating group) is 1. The molecule has 1 aromatic carbocycles. The summed E-state index contributed by atoms with van der Waals surface area (Å²) in [6.45, 7) is 5.80. The summed E-state index contributed by atoms with van der Waals surface area (Å²) in [7, 11) is 3.98. The van der Waals surface area contributed by atoms with Gasteiger partial charge in [-0.25, -0.2) is 0 Å². The Balaban J connectivity index is 1.64. The highest BCUT2D eigenvalue weighted by molar-refractivity contribution is 5.94. The number of amides is 1. The van der Waals surface area contributed by atoms with E-state index in [0.29, 0.717) is 12.1 Å². The van der Waals surface area contributed by atoms with Gasteiger partial charge in [0.1, 0.15) is 5.75 Å². The molecule has 0 atom stereocenters. The summed E-state index contributed by atoms with van der Waals surface area (Å²) in [6.07, 6.45) is 5.09. The Bertz CT molecular complexity index is 482. The van der Waals surface area contributed by atoms with Gasteiger partial charge in [0.15, 0.2) is 0 Å². The summed E-state index contributed by atoms with van der Waals surface area (Å²) in [5.74, 6) is 0.798. The zero-order chi connectivity index (χ0) is 17.2. The van der Waals surface area contributed by atoms with E-state index in [2.05, 4.69) is 10.2 Å². The van der Waals surface area contributed by atoms with Gasteiger partial charge in [-0.05, 0) is 70.7 Å². The Kier molecular flexibility index (Phi) is 8.05. The highest BCUT2D eigenvalue weighted by Gasteiger charge is 2.09. The minimum absolute atomic E-state index is 0.0338. The van der Waals surface area contributed by atoms with Crippen LogP contribution in [0.15, 0.2) is 24.3 Å². The molecule has 134 valence electrons. The van der Waals surface area contributed by atoms with Crippen LogP contribution in [0, 0.1) is 0 Å². The minimum atomic E-state index is -0.0338. The number of hydrogen-bond donors (Lipinski definition) is 1. The molecule has 0 saturated carbocycles. The molecule has 5 nitrogen and oxygen atoms in total. The SMILES string of the molecule is CN(C)CCNC(=O)c1ccc(OCCCN2CCCCC2)cc1. The van der Waals surface area contributed by atoms with Crippen molar-refractivity contribution in [3.05, 3.63) is 29.8 Å². The number of likely N-dealkylation sites (tertiary alicyclic amines) is 1. The molecule has 1 amide bonds. The van der Waals surface area contributed by atoms with Gasteiger partial charge in [0.2, 0.25) is 0 Å². The van der Waals surface area contributed by atoms with Crippen LogP contribution >= 0.6 is 0 Å². The monoisotopic (exact) mass is 333 g/mol. The van der Waals surface area contributed by atoms with Crippen LogP contribution in [0.5, 0.6) is 5.75 Å². The summed E-state index contributed by atoms with van der Waals surface area (Å²) >= 11 is 0. The Morgan fingerprint density at radius 1 is 1.17 bits per heavy atom. The van der Waals surface area contributed by atoms with Gasteiger partial charge in [-0.2, -0.15) is 0 Å². The predicted molar refractivity (Wildman–Crippen MR) is 97.7 cm³/mol. The molecule has 0 aliphatic carbocycles. The molecule has 1 fully saturated rings. The van der Waals surface area contributed by atoms with Gasteiger partial charge in [-0.1, -0.05) is 6.42 Å². The van der Waals surface area contributed by atoms with Crippen molar-refractivity contribution in [3.8, 4) is 5.75 Å². The van der Waals surface area contributed by atoms with Crippen molar-refractivity contribution in [3.63, 3.8) is 0 Å². The van der Waals surface area contributed by atoms with Crippen LogP contribution in [0.3, 0.4) is 0 Å². The van der Waals surface area contributed by atoms with E-state index < -0.39 is 0 Å². The average molecular weight is 333 g/mol. The van der Waals surface area contributed by atoms with Crippen LogP contribution in [-0.4, -0.2) is 69.1 Å². The number of ether oxygens (including phenoxy) is 1. The highest BCUT2D eigenvalue weighted by Crippen LogP contribution is 2.13. The first-order valence-corrected chi connectivity index (χ1v) is 9.03. The predicted octanol–water partition coefficient (Wildman–Crippen LogP) is 2.23. The fourth-order valence-electron chi connectivity index (χ4n) is 2.86. The lowest BCUT2D eigenvalue weighted by Crippen LogP contribution is -2.31. The van der Waals surface area contributed by atoms with Gasteiger partial charge < -0.3 is 19.9 Å². The van der Waals surface area contributed by atoms with E-state index >= 15 is 0 Å². The fraction of sp³-hybridized carbons (Fsp3) is 0.632. The summed E-state index contributed by atoms with van der Waals surface area (Å²) in [4.78, 5) is 16.6. The van der Waals surface area contributed by atoms with Gasteiger partial charge in [-0.15, -0.1) is 0 Å². The topological polar surface area (TPSA) is 44.8 Å². The second-order valence-electron chi connectivity index (χ2n) is 6.69. The third-order valence-corrected chi connectivity index (χ3v) is 4.30. The lowest BCUT2D eigenvalue weighted by molar-refractivity contribution is 0.0951. The van der Waals surface area contributed by atoms with Crippen LogP contribution in [0.25, 0.3) is 0 Å². The number of nitrogens with zero attached hydrogens (tertiary/aromatic N) is 2. The molecule has 1 aliphatic heterocycles. The summed E-state index contributed by atoms with van der Waals surface area (Å²) in [5, 5.41) is 2.91.